The Kier molecular flexibility index (Phi) is 6.13. The molecule has 1 aromatic carbocycles. The first-order valence-electron chi connectivity index (χ1n) is 6.60. The van der Waals surface area contributed by atoms with Crippen LogP contribution < -0.4 is 5.32 Å². The zero-order chi connectivity index (χ0) is 13.7. The zero-order valence-corrected chi connectivity index (χ0v) is 13.2. The van der Waals surface area contributed by atoms with Gasteiger partial charge in [0.25, 0.3) is 0 Å². The monoisotopic (exact) mass is 315 g/mol. The normalized spacial score (nSPS) is 11.6. The number of benzene rings is 1. The molecule has 0 amide bonds. The van der Waals surface area contributed by atoms with E-state index in [4.69, 9.17) is 0 Å². The Labute approximate surface area is 118 Å². The van der Waals surface area contributed by atoms with Gasteiger partial charge in [0.05, 0.1) is 5.69 Å². The van der Waals surface area contributed by atoms with Crippen molar-refractivity contribution in [2.24, 2.45) is 11.8 Å². The standard InChI is InChI=1S/C15H23BrFN/c1-10(2)8-12(9-11(3)4)18-15-13(16)6-5-7-14(15)17/h5-7,10-12,18H,8-9H2,1-4H3. The molecule has 0 unspecified atom stereocenters. The zero-order valence-electron chi connectivity index (χ0n) is 11.6. The molecular weight excluding hydrogens is 293 g/mol. The van der Waals surface area contributed by atoms with E-state index in [1.165, 1.54) is 6.07 Å². The molecule has 0 saturated heterocycles. The maximum absolute atomic E-state index is 13.8. The molecule has 1 nitrogen and oxygen atoms in total. The molecule has 0 radical (unpaired) electrons. The van der Waals surface area contributed by atoms with Crippen molar-refractivity contribution in [3.63, 3.8) is 0 Å². The second-order valence-corrected chi connectivity index (χ2v) is 6.55. The summed E-state index contributed by atoms with van der Waals surface area (Å²) in [6, 6.07) is 5.39. The molecule has 0 aliphatic carbocycles. The first kappa shape index (κ1) is 15.5. The van der Waals surface area contributed by atoms with Gasteiger partial charge in [-0.1, -0.05) is 33.8 Å². The third-order valence-corrected chi connectivity index (χ3v) is 3.48. The topological polar surface area (TPSA) is 12.0 Å². The number of para-hydroxylation sites is 1. The molecule has 3 heteroatoms. The van der Waals surface area contributed by atoms with E-state index in [2.05, 4.69) is 48.9 Å². The van der Waals surface area contributed by atoms with E-state index < -0.39 is 0 Å². The lowest BCUT2D eigenvalue weighted by molar-refractivity contribution is 0.440. The molecular formula is C15H23BrFN. The molecule has 1 aromatic rings. The SMILES string of the molecule is CC(C)CC(CC(C)C)Nc1c(F)cccc1Br. The lowest BCUT2D eigenvalue weighted by atomic mass is 9.95. The highest BCUT2D eigenvalue weighted by molar-refractivity contribution is 9.10. The molecule has 0 atom stereocenters. The van der Waals surface area contributed by atoms with E-state index in [1.54, 1.807) is 6.07 Å². The molecule has 0 aliphatic heterocycles. The van der Waals surface area contributed by atoms with Crippen LogP contribution in [0.1, 0.15) is 40.5 Å². The van der Waals surface area contributed by atoms with E-state index in [-0.39, 0.29) is 5.82 Å². The summed E-state index contributed by atoms with van der Waals surface area (Å²) in [4.78, 5) is 0. The van der Waals surface area contributed by atoms with Crippen LogP contribution in [0, 0.1) is 17.7 Å². The van der Waals surface area contributed by atoms with Gasteiger partial charge in [0.2, 0.25) is 0 Å². The second kappa shape index (κ2) is 7.13. The summed E-state index contributed by atoms with van der Waals surface area (Å²) in [5.41, 5.74) is 0.587. The third kappa shape index (κ3) is 4.97. The van der Waals surface area contributed by atoms with Crippen molar-refractivity contribution in [2.45, 2.75) is 46.6 Å². The fourth-order valence-corrected chi connectivity index (χ4v) is 2.65. The third-order valence-electron chi connectivity index (χ3n) is 2.82. The van der Waals surface area contributed by atoms with Gasteiger partial charge in [0.1, 0.15) is 5.82 Å². The van der Waals surface area contributed by atoms with Crippen molar-refractivity contribution in [3.05, 3.63) is 28.5 Å². The van der Waals surface area contributed by atoms with Crippen LogP contribution in [0.4, 0.5) is 10.1 Å². The lowest BCUT2D eigenvalue weighted by Gasteiger charge is -2.24. The summed E-state index contributed by atoms with van der Waals surface area (Å²) < 4.78 is 14.6. The van der Waals surface area contributed by atoms with Gasteiger partial charge in [0.15, 0.2) is 0 Å². The van der Waals surface area contributed by atoms with Crippen molar-refractivity contribution in [1.82, 2.24) is 0 Å². The van der Waals surface area contributed by atoms with Gasteiger partial charge in [-0.15, -0.1) is 0 Å². The van der Waals surface area contributed by atoms with Crippen molar-refractivity contribution in [1.29, 1.82) is 0 Å². The summed E-state index contributed by atoms with van der Waals surface area (Å²) in [5, 5.41) is 3.36. The van der Waals surface area contributed by atoms with Crippen LogP contribution in [0.5, 0.6) is 0 Å². The summed E-state index contributed by atoms with van der Waals surface area (Å²) in [5.74, 6) is 1.01. The van der Waals surface area contributed by atoms with Crippen molar-refractivity contribution in [3.8, 4) is 0 Å². The minimum atomic E-state index is -0.193. The van der Waals surface area contributed by atoms with Gasteiger partial charge >= 0.3 is 0 Å². The van der Waals surface area contributed by atoms with Crippen molar-refractivity contribution >= 4 is 21.6 Å². The van der Waals surface area contributed by atoms with Gasteiger partial charge in [-0.3, -0.25) is 0 Å². The van der Waals surface area contributed by atoms with Crippen LogP contribution in [-0.2, 0) is 0 Å². The number of hydrogen-bond acceptors (Lipinski definition) is 1. The van der Waals surface area contributed by atoms with Crippen LogP contribution in [0.25, 0.3) is 0 Å². The van der Waals surface area contributed by atoms with Gasteiger partial charge in [-0.05, 0) is 52.7 Å². The van der Waals surface area contributed by atoms with Crippen molar-refractivity contribution < 1.29 is 4.39 Å². The molecule has 1 rings (SSSR count). The molecule has 102 valence electrons. The Morgan fingerprint density at radius 3 is 2.11 bits per heavy atom. The summed E-state index contributed by atoms with van der Waals surface area (Å²) in [6.07, 6.45) is 2.11. The Morgan fingerprint density at radius 1 is 1.11 bits per heavy atom. The van der Waals surface area contributed by atoms with E-state index in [9.17, 15) is 4.39 Å². The van der Waals surface area contributed by atoms with E-state index in [0.717, 1.165) is 17.3 Å². The van der Waals surface area contributed by atoms with Gasteiger partial charge in [-0.2, -0.15) is 0 Å². The second-order valence-electron chi connectivity index (χ2n) is 5.70. The number of nitrogens with one attached hydrogen (secondary N) is 1. The Morgan fingerprint density at radius 2 is 1.67 bits per heavy atom. The predicted octanol–water partition coefficient (Wildman–Crippen LogP) is 5.46. The average Bonchev–Trinajstić information content (AvgIpc) is 2.21. The maximum Gasteiger partial charge on any atom is 0.147 e. The fourth-order valence-electron chi connectivity index (χ4n) is 2.19. The summed E-state index contributed by atoms with van der Waals surface area (Å²) in [7, 11) is 0. The van der Waals surface area contributed by atoms with Crippen LogP contribution >= 0.6 is 15.9 Å². The number of hydrogen-bond donors (Lipinski definition) is 1. The van der Waals surface area contributed by atoms with E-state index in [0.29, 0.717) is 23.6 Å². The van der Waals surface area contributed by atoms with Gasteiger partial charge in [-0.25, -0.2) is 4.39 Å². The van der Waals surface area contributed by atoms with Crippen LogP contribution in [0.2, 0.25) is 0 Å². The fraction of sp³-hybridized carbons (Fsp3) is 0.600. The minimum absolute atomic E-state index is 0.193. The lowest BCUT2D eigenvalue weighted by Crippen LogP contribution is -2.24. The van der Waals surface area contributed by atoms with Crippen LogP contribution in [0.3, 0.4) is 0 Å². The quantitative estimate of drug-likeness (QED) is 0.734. The first-order valence-corrected chi connectivity index (χ1v) is 7.40. The number of rotatable bonds is 6. The minimum Gasteiger partial charge on any atom is -0.379 e. The molecule has 0 fully saturated rings. The highest BCUT2D eigenvalue weighted by atomic mass is 79.9. The van der Waals surface area contributed by atoms with Crippen LogP contribution in [-0.4, -0.2) is 6.04 Å². The molecule has 0 aromatic heterocycles. The van der Waals surface area contributed by atoms with E-state index in [1.807, 2.05) is 6.07 Å². The highest BCUT2D eigenvalue weighted by Crippen LogP contribution is 2.28. The van der Waals surface area contributed by atoms with Crippen molar-refractivity contribution in [2.75, 3.05) is 5.32 Å². The Hall–Kier alpha value is -0.570. The number of halogens is 2. The molecule has 18 heavy (non-hydrogen) atoms. The van der Waals surface area contributed by atoms with Gasteiger partial charge < -0.3 is 5.32 Å². The number of anilines is 1. The summed E-state index contributed by atoms with van der Waals surface area (Å²) >= 11 is 3.41. The molecule has 1 N–H and O–H groups in total. The smallest absolute Gasteiger partial charge is 0.147 e. The largest absolute Gasteiger partial charge is 0.379 e. The van der Waals surface area contributed by atoms with Crippen LogP contribution in [0.15, 0.2) is 22.7 Å². The molecule has 0 bridgehead atoms. The predicted molar refractivity (Wildman–Crippen MR) is 80.4 cm³/mol. The first-order chi connectivity index (χ1) is 8.40. The maximum atomic E-state index is 13.8. The molecule has 0 saturated carbocycles. The molecule has 0 spiro atoms. The van der Waals surface area contributed by atoms with E-state index >= 15 is 0 Å². The van der Waals surface area contributed by atoms with Gasteiger partial charge in [0, 0.05) is 10.5 Å². The Balaban J connectivity index is 2.81. The summed E-state index contributed by atoms with van der Waals surface area (Å²) in [6.45, 7) is 8.80. The average molecular weight is 316 g/mol. The Bertz CT molecular complexity index is 347. The molecule has 0 aliphatic rings. The molecule has 0 heterocycles. The highest BCUT2D eigenvalue weighted by Gasteiger charge is 2.16.